The molecule has 1 heterocycles. The molecule has 1 N–H and O–H groups in total. The average molecular weight is 266 g/mol. The molecular formula is C15H26N2S. The fourth-order valence-electron chi connectivity index (χ4n) is 3.00. The van der Waals surface area contributed by atoms with E-state index in [4.69, 9.17) is 0 Å². The van der Waals surface area contributed by atoms with E-state index in [0.29, 0.717) is 0 Å². The molecule has 1 saturated carbocycles. The van der Waals surface area contributed by atoms with E-state index in [1.807, 2.05) is 11.3 Å². The highest BCUT2D eigenvalue weighted by atomic mass is 32.1. The van der Waals surface area contributed by atoms with Crippen LogP contribution in [-0.2, 0) is 6.54 Å². The van der Waals surface area contributed by atoms with Gasteiger partial charge in [-0.2, -0.15) is 0 Å². The predicted molar refractivity (Wildman–Crippen MR) is 80.1 cm³/mol. The van der Waals surface area contributed by atoms with Gasteiger partial charge in [-0.15, -0.1) is 11.3 Å². The minimum Gasteiger partial charge on any atom is -0.311 e. The van der Waals surface area contributed by atoms with E-state index in [-0.39, 0.29) is 0 Å². The van der Waals surface area contributed by atoms with Crippen molar-refractivity contribution in [2.75, 3.05) is 20.1 Å². The van der Waals surface area contributed by atoms with E-state index < -0.39 is 0 Å². The van der Waals surface area contributed by atoms with Crippen molar-refractivity contribution in [1.29, 1.82) is 0 Å². The molecule has 2 rings (SSSR count). The predicted octanol–water partition coefficient (Wildman–Crippen LogP) is 3.35. The molecule has 1 aliphatic rings. The maximum atomic E-state index is 3.54. The Morgan fingerprint density at radius 1 is 1.39 bits per heavy atom. The molecule has 1 aliphatic carbocycles. The number of hydrogen-bond acceptors (Lipinski definition) is 3. The molecule has 0 radical (unpaired) electrons. The van der Waals surface area contributed by atoms with Gasteiger partial charge in [0.15, 0.2) is 0 Å². The SMILES string of the molecule is CC1CCCCC1N(C)CCNCc1cccs1. The molecule has 1 aromatic rings. The fraction of sp³-hybridized carbons (Fsp3) is 0.733. The summed E-state index contributed by atoms with van der Waals surface area (Å²) in [4.78, 5) is 3.99. The van der Waals surface area contributed by atoms with Gasteiger partial charge in [0.25, 0.3) is 0 Å². The Bertz CT molecular complexity index is 323. The highest BCUT2D eigenvalue weighted by Crippen LogP contribution is 2.26. The van der Waals surface area contributed by atoms with Gasteiger partial charge >= 0.3 is 0 Å². The summed E-state index contributed by atoms with van der Waals surface area (Å²) in [5, 5.41) is 5.69. The van der Waals surface area contributed by atoms with Crippen LogP contribution in [0.3, 0.4) is 0 Å². The molecule has 102 valence electrons. The van der Waals surface area contributed by atoms with Crippen molar-refractivity contribution in [2.24, 2.45) is 5.92 Å². The Kier molecular flexibility index (Phi) is 5.67. The van der Waals surface area contributed by atoms with Crippen molar-refractivity contribution >= 4 is 11.3 Å². The molecule has 0 bridgehead atoms. The molecule has 0 aliphatic heterocycles. The number of thiophene rings is 1. The van der Waals surface area contributed by atoms with Gasteiger partial charge in [0, 0.05) is 30.6 Å². The second-order valence-corrected chi connectivity index (χ2v) is 6.60. The van der Waals surface area contributed by atoms with Crippen molar-refractivity contribution in [3.63, 3.8) is 0 Å². The fourth-order valence-corrected chi connectivity index (χ4v) is 3.67. The monoisotopic (exact) mass is 266 g/mol. The normalized spacial score (nSPS) is 24.6. The molecule has 1 aromatic heterocycles. The summed E-state index contributed by atoms with van der Waals surface area (Å²) in [5.74, 6) is 0.876. The second-order valence-electron chi connectivity index (χ2n) is 5.57. The quantitative estimate of drug-likeness (QED) is 0.794. The van der Waals surface area contributed by atoms with Gasteiger partial charge in [-0.05, 0) is 37.3 Å². The van der Waals surface area contributed by atoms with E-state index in [1.165, 1.54) is 37.1 Å². The molecule has 2 unspecified atom stereocenters. The Morgan fingerprint density at radius 3 is 2.94 bits per heavy atom. The Labute approximate surface area is 115 Å². The summed E-state index contributed by atoms with van der Waals surface area (Å²) in [5.41, 5.74) is 0. The molecule has 0 amide bonds. The van der Waals surface area contributed by atoms with Gasteiger partial charge in [0.1, 0.15) is 0 Å². The molecule has 0 aromatic carbocycles. The lowest BCUT2D eigenvalue weighted by atomic mass is 9.85. The van der Waals surface area contributed by atoms with E-state index in [9.17, 15) is 0 Å². The number of nitrogens with zero attached hydrogens (tertiary/aromatic N) is 1. The van der Waals surface area contributed by atoms with Crippen LogP contribution in [0.5, 0.6) is 0 Å². The number of rotatable bonds is 6. The van der Waals surface area contributed by atoms with E-state index in [2.05, 4.69) is 41.7 Å². The first-order chi connectivity index (χ1) is 8.77. The van der Waals surface area contributed by atoms with Crippen LogP contribution in [0.1, 0.15) is 37.5 Å². The first-order valence-electron chi connectivity index (χ1n) is 7.20. The Morgan fingerprint density at radius 2 is 2.22 bits per heavy atom. The van der Waals surface area contributed by atoms with E-state index in [1.54, 1.807) is 0 Å². The van der Waals surface area contributed by atoms with Gasteiger partial charge in [0.2, 0.25) is 0 Å². The number of nitrogens with one attached hydrogen (secondary N) is 1. The lowest BCUT2D eigenvalue weighted by molar-refractivity contribution is 0.140. The van der Waals surface area contributed by atoms with Crippen LogP contribution in [0.25, 0.3) is 0 Å². The molecule has 0 spiro atoms. The maximum Gasteiger partial charge on any atom is 0.0300 e. The van der Waals surface area contributed by atoms with Crippen molar-refractivity contribution in [1.82, 2.24) is 10.2 Å². The van der Waals surface area contributed by atoms with Crippen LogP contribution in [0.2, 0.25) is 0 Å². The lowest BCUT2D eigenvalue weighted by Crippen LogP contribution is -2.42. The van der Waals surface area contributed by atoms with Gasteiger partial charge in [-0.25, -0.2) is 0 Å². The second kappa shape index (κ2) is 7.27. The lowest BCUT2D eigenvalue weighted by Gasteiger charge is -2.36. The van der Waals surface area contributed by atoms with Gasteiger partial charge < -0.3 is 10.2 Å². The van der Waals surface area contributed by atoms with Crippen molar-refractivity contribution in [3.8, 4) is 0 Å². The van der Waals surface area contributed by atoms with Crippen LogP contribution in [0.4, 0.5) is 0 Å². The smallest absolute Gasteiger partial charge is 0.0300 e. The molecule has 18 heavy (non-hydrogen) atoms. The first kappa shape index (κ1) is 14.0. The molecule has 1 fully saturated rings. The van der Waals surface area contributed by atoms with E-state index >= 15 is 0 Å². The van der Waals surface area contributed by atoms with Gasteiger partial charge in [-0.3, -0.25) is 0 Å². The van der Waals surface area contributed by atoms with Crippen LogP contribution in [-0.4, -0.2) is 31.1 Å². The molecule has 3 heteroatoms. The zero-order valence-electron chi connectivity index (χ0n) is 11.7. The zero-order chi connectivity index (χ0) is 12.8. The van der Waals surface area contributed by atoms with Crippen LogP contribution in [0, 0.1) is 5.92 Å². The highest BCUT2D eigenvalue weighted by molar-refractivity contribution is 7.09. The van der Waals surface area contributed by atoms with E-state index in [0.717, 1.165) is 25.0 Å². The summed E-state index contributed by atoms with van der Waals surface area (Å²) >= 11 is 1.83. The van der Waals surface area contributed by atoms with Crippen LogP contribution >= 0.6 is 11.3 Å². The summed E-state index contributed by atoms with van der Waals surface area (Å²) in [6.45, 7) is 5.70. The Hall–Kier alpha value is -0.380. The summed E-state index contributed by atoms with van der Waals surface area (Å²) < 4.78 is 0. The zero-order valence-corrected chi connectivity index (χ0v) is 12.5. The first-order valence-corrected chi connectivity index (χ1v) is 8.08. The third-order valence-corrected chi connectivity index (χ3v) is 5.03. The summed E-state index contributed by atoms with van der Waals surface area (Å²) in [6.07, 6.45) is 5.66. The third kappa shape index (κ3) is 4.08. The van der Waals surface area contributed by atoms with Crippen molar-refractivity contribution in [3.05, 3.63) is 22.4 Å². The minimum atomic E-state index is 0.808. The molecule has 2 atom stereocenters. The summed E-state index contributed by atoms with van der Waals surface area (Å²) in [6, 6.07) is 5.13. The Balaban J connectivity index is 1.63. The largest absolute Gasteiger partial charge is 0.311 e. The van der Waals surface area contributed by atoms with Crippen LogP contribution in [0.15, 0.2) is 17.5 Å². The van der Waals surface area contributed by atoms with Crippen molar-refractivity contribution < 1.29 is 0 Å². The molecule has 0 saturated heterocycles. The topological polar surface area (TPSA) is 15.3 Å². The standard InChI is InChI=1S/C15H26N2S/c1-13-6-3-4-8-15(13)17(2)10-9-16-12-14-7-5-11-18-14/h5,7,11,13,15-16H,3-4,6,8-10,12H2,1-2H3. The number of likely N-dealkylation sites (N-methyl/N-ethyl adjacent to an activating group) is 1. The summed E-state index contributed by atoms with van der Waals surface area (Å²) in [7, 11) is 2.29. The van der Waals surface area contributed by atoms with Gasteiger partial charge in [-0.1, -0.05) is 25.8 Å². The maximum absolute atomic E-state index is 3.54. The molecule has 2 nitrogen and oxygen atoms in total. The average Bonchev–Trinajstić information content (AvgIpc) is 2.88. The minimum absolute atomic E-state index is 0.808. The molecular weight excluding hydrogens is 240 g/mol. The number of hydrogen-bond donors (Lipinski definition) is 1. The third-order valence-electron chi connectivity index (χ3n) is 4.15. The highest BCUT2D eigenvalue weighted by Gasteiger charge is 2.24. The van der Waals surface area contributed by atoms with Crippen molar-refractivity contribution in [2.45, 2.75) is 45.2 Å². The van der Waals surface area contributed by atoms with Gasteiger partial charge in [0.05, 0.1) is 0 Å². The van der Waals surface area contributed by atoms with Crippen LogP contribution < -0.4 is 5.32 Å².